The monoisotopic (exact) mass is 387 g/mol. The lowest BCUT2D eigenvalue weighted by molar-refractivity contribution is 0.117. The number of H-pyrrole nitrogens is 1. The summed E-state index contributed by atoms with van der Waals surface area (Å²) in [6.45, 7) is 7.29. The molecule has 0 bridgehead atoms. The molecule has 0 spiro atoms. The number of hydrogen-bond acceptors (Lipinski definition) is 6. The number of fused-ring (bicyclic) bond motifs is 1. The van der Waals surface area contributed by atoms with Gasteiger partial charge in [0.1, 0.15) is 5.69 Å². The molecule has 3 aromatic heterocycles. The van der Waals surface area contributed by atoms with Gasteiger partial charge < -0.3 is 10.8 Å². The van der Waals surface area contributed by atoms with E-state index in [1.54, 1.807) is 17.7 Å². The lowest BCUT2D eigenvalue weighted by Crippen LogP contribution is -2.19. The van der Waals surface area contributed by atoms with Crippen LogP contribution >= 0.6 is 0 Å². The van der Waals surface area contributed by atoms with Gasteiger partial charge in [-0.15, -0.1) is 0 Å². The van der Waals surface area contributed by atoms with E-state index in [0.717, 1.165) is 33.5 Å². The smallest absolute Gasteiger partial charge is 0.222 e. The van der Waals surface area contributed by atoms with Gasteiger partial charge in [0, 0.05) is 28.4 Å². The first-order valence-corrected chi connectivity index (χ1v) is 9.12. The first-order valence-electron chi connectivity index (χ1n) is 9.12. The molecule has 4 aromatic rings. The molecule has 0 saturated heterocycles. The van der Waals surface area contributed by atoms with Crippen LogP contribution in [0, 0.1) is 32.6 Å². The van der Waals surface area contributed by atoms with Gasteiger partial charge in [-0.2, -0.15) is 15.2 Å². The quantitative estimate of drug-likeness (QED) is 0.454. The number of aryl methyl sites for hydroxylation is 3. The van der Waals surface area contributed by atoms with Gasteiger partial charge in [-0.25, -0.2) is 9.67 Å². The van der Waals surface area contributed by atoms with Gasteiger partial charge in [-0.05, 0) is 52.0 Å². The minimum absolute atomic E-state index is 0.197. The number of anilines is 1. The summed E-state index contributed by atoms with van der Waals surface area (Å²) in [5.74, 6) is 6.74. The highest BCUT2D eigenvalue weighted by Crippen LogP contribution is 2.23. The number of aliphatic hydroxyl groups is 1. The number of nitrogens with one attached hydrogen (secondary N) is 1. The molecule has 0 aliphatic rings. The molecule has 146 valence electrons. The fraction of sp³-hybridized carbons (Fsp3) is 0.238. The average Bonchev–Trinajstić information content (AvgIpc) is 3.23. The van der Waals surface area contributed by atoms with Crippen LogP contribution in [0.5, 0.6) is 0 Å². The topological polar surface area (TPSA) is 119 Å². The standard InChI is InChI=1S/C21H21N7O/c1-12-10-19(24-20(22)23-12)28-17-11-15(5-6-16(17)14(3)27-28)7-8-21(4,29)18-9-13(2)25-26-18/h5-6,9-11,29H,1-4H3,(H,25,26)(H2,22,23,24)/t21-/m1/s1. The molecule has 0 amide bonds. The normalized spacial score (nSPS) is 13.1. The summed E-state index contributed by atoms with van der Waals surface area (Å²) in [6, 6.07) is 9.38. The van der Waals surface area contributed by atoms with Gasteiger partial charge in [0.2, 0.25) is 5.95 Å². The van der Waals surface area contributed by atoms with E-state index in [1.807, 2.05) is 45.0 Å². The van der Waals surface area contributed by atoms with Gasteiger partial charge in [0.15, 0.2) is 11.4 Å². The number of aromatic nitrogens is 6. The first kappa shape index (κ1) is 18.7. The summed E-state index contributed by atoms with van der Waals surface area (Å²) >= 11 is 0. The van der Waals surface area contributed by atoms with Crippen molar-refractivity contribution in [1.82, 2.24) is 29.9 Å². The molecule has 0 unspecified atom stereocenters. The maximum Gasteiger partial charge on any atom is 0.222 e. The lowest BCUT2D eigenvalue weighted by Gasteiger charge is -2.12. The third-order valence-corrected chi connectivity index (χ3v) is 4.60. The Bertz CT molecular complexity index is 1270. The molecule has 0 radical (unpaired) electrons. The third kappa shape index (κ3) is 3.56. The van der Waals surface area contributed by atoms with Crippen molar-refractivity contribution in [3.63, 3.8) is 0 Å². The number of rotatable bonds is 2. The highest BCUT2D eigenvalue weighted by molar-refractivity contribution is 5.84. The SMILES string of the molecule is Cc1cc(-n2nc(C)c3ccc(C#C[C@@](C)(O)c4cc(C)[nH]n4)cc32)nc(N)n1. The molecule has 4 N–H and O–H groups in total. The van der Waals surface area contributed by atoms with Crippen molar-refractivity contribution in [2.24, 2.45) is 0 Å². The summed E-state index contributed by atoms with van der Waals surface area (Å²) in [5, 5.41) is 23.2. The number of aromatic amines is 1. The maximum atomic E-state index is 10.7. The molecule has 1 atom stereocenters. The van der Waals surface area contributed by atoms with E-state index < -0.39 is 5.60 Å². The van der Waals surface area contributed by atoms with Gasteiger partial charge in [0.05, 0.1) is 11.2 Å². The minimum atomic E-state index is -1.37. The highest BCUT2D eigenvalue weighted by atomic mass is 16.3. The van der Waals surface area contributed by atoms with Crippen LogP contribution in [-0.2, 0) is 5.60 Å². The molecule has 0 saturated carbocycles. The van der Waals surface area contributed by atoms with Crippen LogP contribution in [0.3, 0.4) is 0 Å². The molecule has 1 aromatic carbocycles. The van der Waals surface area contributed by atoms with Crippen LogP contribution in [0.4, 0.5) is 5.95 Å². The molecule has 29 heavy (non-hydrogen) atoms. The van der Waals surface area contributed by atoms with Gasteiger partial charge in [-0.1, -0.05) is 11.8 Å². The summed E-state index contributed by atoms with van der Waals surface area (Å²) in [7, 11) is 0. The number of nitrogens with two attached hydrogens (primary N) is 1. The molecule has 8 heteroatoms. The Morgan fingerprint density at radius 2 is 1.93 bits per heavy atom. The van der Waals surface area contributed by atoms with Crippen molar-refractivity contribution in [3.8, 4) is 17.7 Å². The summed E-state index contributed by atoms with van der Waals surface area (Å²) in [4.78, 5) is 8.42. The predicted octanol–water partition coefficient (Wildman–Crippen LogP) is 2.31. The fourth-order valence-electron chi connectivity index (χ4n) is 3.13. The second kappa shape index (κ2) is 6.72. The van der Waals surface area contributed by atoms with Crippen LogP contribution in [-0.4, -0.2) is 35.1 Å². The summed E-state index contributed by atoms with van der Waals surface area (Å²) in [6.07, 6.45) is 0. The molecular formula is C21H21N7O. The molecule has 0 aliphatic carbocycles. The van der Waals surface area contributed by atoms with Crippen molar-refractivity contribution >= 4 is 16.9 Å². The van der Waals surface area contributed by atoms with E-state index in [4.69, 9.17) is 5.73 Å². The summed E-state index contributed by atoms with van der Waals surface area (Å²) in [5.41, 5.74) is 9.01. The number of benzene rings is 1. The van der Waals surface area contributed by atoms with Gasteiger partial charge in [0.25, 0.3) is 0 Å². The van der Waals surface area contributed by atoms with Crippen molar-refractivity contribution in [2.45, 2.75) is 33.3 Å². The van der Waals surface area contributed by atoms with E-state index in [9.17, 15) is 5.11 Å². The Morgan fingerprint density at radius 3 is 2.62 bits per heavy atom. The second-order valence-corrected chi connectivity index (χ2v) is 7.21. The van der Waals surface area contributed by atoms with Gasteiger partial charge >= 0.3 is 0 Å². The molecule has 0 fully saturated rings. The van der Waals surface area contributed by atoms with Gasteiger partial charge in [-0.3, -0.25) is 5.10 Å². The zero-order valence-corrected chi connectivity index (χ0v) is 16.6. The highest BCUT2D eigenvalue weighted by Gasteiger charge is 2.23. The Balaban J connectivity index is 1.79. The van der Waals surface area contributed by atoms with Crippen molar-refractivity contribution in [3.05, 3.63) is 58.7 Å². The number of nitrogens with zero attached hydrogens (tertiary/aromatic N) is 5. The van der Waals surface area contributed by atoms with Crippen molar-refractivity contribution in [1.29, 1.82) is 0 Å². The van der Waals surface area contributed by atoms with E-state index in [-0.39, 0.29) is 5.95 Å². The molecule has 0 aliphatic heterocycles. The number of hydrogen-bond donors (Lipinski definition) is 3. The van der Waals surface area contributed by atoms with E-state index in [1.165, 1.54) is 0 Å². The minimum Gasteiger partial charge on any atom is -0.372 e. The van der Waals surface area contributed by atoms with Crippen LogP contribution in [0.1, 0.15) is 35.3 Å². The first-order chi connectivity index (χ1) is 13.7. The van der Waals surface area contributed by atoms with E-state index in [2.05, 4.69) is 37.1 Å². The zero-order chi connectivity index (χ0) is 20.8. The zero-order valence-electron chi connectivity index (χ0n) is 16.6. The predicted molar refractivity (Wildman–Crippen MR) is 110 cm³/mol. The van der Waals surface area contributed by atoms with E-state index >= 15 is 0 Å². The second-order valence-electron chi connectivity index (χ2n) is 7.21. The Kier molecular flexibility index (Phi) is 4.32. The van der Waals surface area contributed by atoms with Crippen molar-refractivity contribution < 1.29 is 5.11 Å². The molecular weight excluding hydrogens is 366 g/mol. The maximum absolute atomic E-state index is 10.7. The van der Waals surface area contributed by atoms with Crippen LogP contribution < -0.4 is 5.73 Å². The Morgan fingerprint density at radius 1 is 1.14 bits per heavy atom. The third-order valence-electron chi connectivity index (χ3n) is 4.60. The lowest BCUT2D eigenvalue weighted by atomic mass is 10.0. The van der Waals surface area contributed by atoms with Crippen LogP contribution in [0.25, 0.3) is 16.7 Å². The van der Waals surface area contributed by atoms with E-state index in [0.29, 0.717) is 11.5 Å². The van der Waals surface area contributed by atoms with Crippen LogP contribution in [0.15, 0.2) is 30.3 Å². The van der Waals surface area contributed by atoms with Crippen molar-refractivity contribution in [2.75, 3.05) is 5.73 Å². The average molecular weight is 387 g/mol. The Labute approximate surface area is 167 Å². The fourth-order valence-corrected chi connectivity index (χ4v) is 3.13. The summed E-state index contributed by atoms with van der Waals surface area (Å²) < 4.78 is 1.73. The molecule has 3 heterocycles. The molecule has 8 nitrogen and oxygen atoms in total. The Hall–Kier alpha value is -3.70. The number of nitrogen functional groups attached to an aromatic ring is 1. The van der Waals surface area contributed by atoms with Crippen LogP contribution in [0.2, 0.25) is 0 Å². The molecule has 4 rings (SSSR count). The largest absolute Gasteiger partial charge is 0.372 e.